The second kappa shape index (κ2) is 8.11. The molecule has 1 amide bonds. The summed E-state index contributed by atoms with van der Waals surface area (Å²) in [5.74, 6) is 1.02. The number of piperidine rings is 1. The van der Waals surface area contributed by atoms with Crippen molar-refractivity contribution in [3.05, 3.63) is 82.2 Å². The first-order chi connectivity index (χ1) is 15.1. The lowest BCUT2D eigenvalue weighted by molar-refractivity contribution is -0.128. The van der Waals surface area contributed by atoms with Crippen molar-refractivity contribution in [3.63, 3.8) is 0 Å². The van der Waals surface area contributed by atoms with Gasteiger partial charge in [-0.2, -0.15) is 0 Å². The molecule has 8 heteroatoms. The van der Waals surface area contributed by atoms with Crippen molar-refractivity contribution in [3.8, 4) is 0 Å². The lowest BCUT2D eigenvalue weighted by Crippen LogP contribution is -2.53. The van der Waals surface area contributed by atoms with Crippen LogP contribution < -0.4 is 10.9 Å². The number of amides is 1. The van der Waals surface area contributed by atoms with E-state index in [1.165, 1.54) is 6.07 Å². The van der Waals surface area contributed by atoms with Gasteiger partial charge in [-0.25, -0.2) is 0 Å². The predicted octanol–water partition coefficient (Wildman–Crippen LogP) is 2.02. The third kappa shape index (κ3) is 3.90. The van der Waals surface area contributed by atoms with E-state index in [4.69, 9.17) is 4.42 Å². The van der Waals surface area contributed by atoms with E-state index in [0.717, 1.165) is 36.7 Å². The Hall–Kier alpha value is -3.26. The lowest BCUT2D eigenvalue weighted by Gasteiger charge is -2.46. The van der Waals surface area contributed by atoms with Gasteiger partial charge in [-0.15, -0.1) is 0 Å². The van der Waals surface area contributed by atoms with Crippen LogP contribution in [-0.4, -0.2) is 38.4 Å². The molecule has 0 saturated carbocycles. The van der Waals surface area contributed by atoms with Crippen LogP contribution in [0.5, 0.6) is 0 Å². The Labute approximate surface area is 179 Å². The first kappa shape index (κ1) is 19.7. The van der Waals surface area contributed by atoms with Crippen LogP contribution in [0.25, 0.3) is 0 Å². The van der Waals surface area contributed by atoms with Crippen molar-refractivity contribution in [1.29, 1.82) is 0 Å². The molecule has 160 valence electrons. The fourth-order valence-corrected chi connectivity index (χ4v) is 4.91. The number of aryl methyl sites for hydroxylation is 1. The van der Waals surface area contributed by atoms with Crippen molar-refractivity contribution in [2.24, 2.45) is 5.92 Å². The van der Waals surface area contributed by atoms with E-state index in [1.807, 2.05) is 25.1 Å². The quantitative estimate of drug-likeness (QED) is 0.680. The van der Waals surface area contributed by atoms with Crippen LogP contribution in [0.15, 0.2) is 58.2 Å². The number of nitrogens with one attached hydrogen (secondary N) is 1. The minimum Gasteiger partial charge on any atom is -0.468 e. The van der Waals surface area contributed by atoms with Crippen molar-refractivity contribution in [2.75, 3.05) is 13.1 Å². The number of rotatable bonds is 5. The first-order valence-electron chi connectivity index (χ1n) is 10.6. The number of likely N-dealkylation sites (tertiary alicyclic amines) is 1. The molecule has 8 nitrogen and oxygen atoms in total. The van der Waals surface area contributed by atoms with Gasteiger partial charge in [-0.05, 0) is 31.5 Å². The molecule has 1 saturated heterocycles. The molecule has 31 heavy (non-hydrogen) atoms. The number of pyridine rings is 1. The van der Waals surface area contributed by atoms with Gasteiger partial charge in [0.25, 0.3) is 5.56 Å². The van der Waals surface area contributed by atoms with Crippen LogP contribution in [0, 0.1) is 12.8 Å². The predicted molar refractivity (Wildman–Crippen MR) is 113 cm³/mol. The zero-order chi connectivity index (χ0) is 21.4. The molecule has 3 atom stereocenters. The summed E-state index contributed by atoms with van der Waals surface area (Å²) < 4.78 is 7.24. The van der Waals surface area contributed by atoms with Gasteiger partial charge in [0.2, 0.25) is 5.91 Å². The van der Waals surface area contributed by atoms with E-state index in [1.54, 1.807) is 29.3 Å². The van der Waals surface area contributed by atoms with E-state index in [9.17, 15) is 9.59 Å². The van der Waals surface area contributed by atoms with Gasteiger partial charge in [-0.1, -0.05) is 6.07 Å². The van der Waals surface area contributed by atoms with E-state index in [2.05, 4.69) is 20.2 Å². The molecule has 0 aliphatic carbocycles. The van der Waals surface area contributed by atoms with E-state index >= 15 is 0 Å². The SMILES string of the molecule is Cc1cnc(CNC(=O)[C@H]2[C@H]3C[C@H](CN(Cc4ccco4)C3)c3cccc(=O)n32)cn1. The average molecular weight is 419 g/mol. The molecule has 1 N–H and O–H groups in total. The molecule has 2 bridgehead atoms. The first-order valence-corrected chi connectivity index (χ1v) is 10.6. The molecule has 0 radical (unpaired) electrons. The Morgan fingerprint density at radius 3 is 2.87 bits per heavy atom. The molecule has 0 unspecified atom stereocenters. The molecule has 1 fully saturated rings. The summed E-state index contributed by atoms with van der Waals surface area (Å²) in [6.45, 7) is 4.43. The minimum atomic E-state index is -0.544. The third-order valence-electron chi connectivity index (χ3n) is 6.23. The lowest BCUT2D eigenvalue weighted by atomic mass is 9.78. The van der Waals surface area contributed by atoms with Crippen molar-refractivity contribution >= 4 is 5.91 Å². The molecule has 2 aliphatic heterocycles. The number of carbonyl (C=O) groups excluding carboxylic acids is 1. The summed E-state index contributed by atoms with van der Waals surface area (Å²) in [5.41, 5.74) is 2.33. The molecule has 0 spiro atoms. The zero-order valence-electron chi connectivity index (χ0n) is 17.4. The maximum atomic E-state index is 13.3. The number of aromatic nitrogens is 3. The number of fused-ring (bicyclic) bond motifs is 4. The second-order valence-corrected chi connectivity index (χ2v) is 8.44. The second-order valence-electron chi connectivity index (χ2n) is 8.44. The van der Waals surface area contributed by atoms with E-state index in [0.29, 0.717) is 12.2 Å². The average Bonchev–Trinajstić information content (AvgIpc) is 3.27. The normalized spacial score (nSPS) is 22.7. The fourth-order valence-electron chi connectivity index (χ4n) is 4.91. The van der Waals surface area contributed by atoms with E-state index in [-0.39, 0.29) is 29.8 Å². The molecule has 2 aliphatic rings. The maximum Gasteiger partial charge on any atom is 0.251 e. The Morgan fingerprint density at radius 2 is 2.10 bits per heavy atom. The van der Waals surface area contributed by atoms with Crippen molar-refractivity contribution in [2.45, 2.75) is 38.4 Å². The van der Waals surface area contributed by atoms with Crippen LogP contribution in [0.4, 0.5) is 0 Å². The molecular formula is C23H25N5O3. The largest absolute Gasteiger partial charge is 0.468 e. The highest BCUT2D eigenvalue weighted by Crippen LogP contribution is 2.41. The highest BCUT2D eigenvalue weighted by Gasteiger charge is 2.43. The monoisotopic (exact) mass is 419 g/mol. The Kier molecular flexibility index (Phi) is 5.15. The standard InChI is InChI=1S/C23H25N5O3/c1-15-9-25-18(10-24-15)11-26-23(30)22-17-8-16(20-5-2-6-21(29)28(20)22)12-27(13-17)14-19-4-3-7-31-19/h2-7,9-10,16-17,22H,8,11-14H2,1H3,(H,26,30)/t16-,17+,22-/m1/s1. The van der Waals surface area contributed by atoms with Gasteiger partial charge >= 0.3 is 0 Å². The van der Waals surface area contributed by atoms with Crippen LogP contribution in [-0.2, 0) is 17.9 Å². The number of hydrogen-bond donors (Lipinski definition) is 1. The molecule has 5 heterocycles. The summed E-state index contributed by atoms with van der Waals surface area (Å²) >= 11 is 0. The van der Waals surface area contributed by atoms with Crippen LogP contribution in [0.1, 0.15) is 41.2 Å². The van der Waals surface area contributed by atoms with Crippen LogP contribution in [0.2, 0.25) is 0 Å². The minimum absolute atomic E-state index is 0.0467. The molecule has 5 rings (SSSR count). The van der Waals surface area contributed by atoms with Crippen LogP contribution >= 0.6 is 0 Å². The number of carbonyl (C=O) groups is 1. The third-order valence-corrected chi connectivity index (χ3v) is 6.23. The van der Waals surface area contributed by atoms with Gasteiger partial charge in [0.05, 0.1) is 36.9 Å². The zero-order valence-corrected chi connectivity index (χ0v) is 17.4. The molecule has 3 aromatic heterocycles. The molecular weight excluding hydrogens is 394 g/mol. The van der Waals surface area contributed by atoms with Gasteiger partial charge in [0.15, 0.2) is 0 Å². The van der Waals surface area contributed by atoms with Crippen molar-refractivity contribution < 1.29 is 9.21 Å². The van der Waals surface area contributed by atoms with Gasteiger partial charge in [0, 0.05) is 42.9 Å². The highest BCUT2D eigenvalue weighted by molar-refractivity contribution is 5.81. The van der Waals surface area contributed by atoms with Gasteiger partial charge in [0.1, 0.15) is 11.8 Å². The number of furan rings is 1. The highest BCUT2D eigenvalue weighted by atomic mass is 16.3. The Morgan fingerprint density at radius 1 is 1.19 bits per heavy atom. The summed E-state index contributed by atoms with van der Waals surface area (Å²) in [6.07, 6.45) is 5.91. The fraction of sp³-hybridized carbons (Fsp3) is 0.391. The van der Waals surface area contributed by atoms with Crippen LogP contribution in [0.3, 0.4) is 0 Å². The Bertz CT molecular complexity index is 1120. The summed E-state index contributed by atoms with van der Waals surface area (Å²) in [6, 6.07) is 8.62. The summed E-state index contributed by atoms with van der Waals surface area (Å²) in [4.78, 5) is 37.0. The topological polar surface area (TPSA) is 93.3 Å². The maximum absolute atomic E-state index is 13.3. The van der Waals surface area contributed by atoms with Gasteiger partial charge < -0.3 is 9.73 Å². The molecule has 3 aromatic rings. The Balaban J connectivity index is 1.41. The van der Waals surface area contributed by atoms with Gasteiger partial charge in [-0.3, -0.25) is 29.0 Å². The number of nitrogens with zero attached hydrogens (tertiary/aromatic N) is 4. The van der Waals surface area contributed by atoms with E-state index < -0.39 is 6.04 Å². The summed E-state index contributed by atoms with van der Waals surface area (Å²) in [7, 11) is 0. The number of hydrogen-bond acceptors (Lipinski definition) is 6. The smallest absolute Gasteiger partial charge is 0.251 e. The summed E-state index contributed by atoms with van der Waals surface area (Å²) in [5, 5.41) is 2.98. The van der Waals surface area contributed by atoms with Crippen molar-refractivity contribution in [1.82, 2.24) is 24.8 Å². The molecule has 0 aromatic carbocycles.